The summed E-state index contributed by atoms with van der Waals surface area (Å²) < 4.78 is 10.1. The van der Waals surface area contributed by atoms with Crippen LogP contribution in [0.3, 0.4) is 0 Å². The molecule has 142 valence electrons. The normalized spacial score (nSPS) is 18.7. The SMILES string of the molecule is CN(C)c1ccc(/C=N/NC2=NNC(=C3C(=O)OC(C)(C)OC3=O)S2)cc1. The van der Waals surface area contributed by atoms with Crippen molar-refractivity contribution >= 4 is 40.8 Å². The molecule has 1 saturated heterocycles. The zero-order chi connectivity index (χ0) is 19.6. The number of carbonyl (C=O) groups is 2. The van der Waals surface area contributed by atoms with Crippen molar-refractivity contribution in [2.45, 2.75) is 19.6 Å². The smallest absolute Gasteiger partial charge is 0.351 e. The minimum Gasteiger partial charge on any atom is -0.419 e. The third-order valence-corrected chi connectivity index (χ3v) is 4.43. The first-order chi connectivity index (χ1) is 12.7. The molecule has 0 saturated carbocycles. The van der Waals surface area contributed by atoms with E-state index in [9.17, 15) is 9.59 Å². The molecule has 1 fully saturated rings. The number of hydrogen-bond donors (Lipinski definition) is 2. The number of rotatable bonds is 3. The van der Waals surface area contributed by atoms with Gasteiger partial charge in [0.25, 0.3) is 5.79 Å². The average Bonchev–Trinajstić information content (AvgIpc) is 3.02. The number of hydrazone groups is 2. The van der Waals surface area contributed by atoms with E-state index in [1.807, 2.05) is 43.3 Å². The number of nitrogens with zero attached hydrogens (tertiary/aromatic N) is 3. The van der Waals surface area contributed by atoms with Crippen molar-refractivity contribution in [3.8, 4) is 0 Å². The van der Waals surface area contributed by atoms with E-state index in [4.69, 9.17) is 9.47 Å². The second kappa shape index (κ2) is 7.31. The average molecular weight is 389 g/mol. The Morgan fingerprint density at radius 3 is 2.41 bits per heavy atom. The maximum atomic E-state index is 12.0. The van der Waals surface area contributed by atoms with E-state index >= 15 is 0 Å². The van der Waals surface area contributed by atoms with Crippen molar-refractivity contribution in [1.82, 2.24) is 10.9 Å². The van der Waals surface area contributed by atoms with Crippen LogP contribution in [0.25, 0.3) is 0 Å². The third-order valence-electron chi connectivity index (χ3n) is 3.55. The van der Waals surface area contributed by atoms with Gasteiger partial charge in [0.1, 0.15) is 5.03 Å². The summed E-state index contributed by atoms with van der Waals surface area (Å²) >= 11 is 1.05. The van der Waals surface area contributed by atoms with Gasteiger partial charge in [0.15, 0.2) is 5.57 Å². The Labute approximate surface area is 160 Å². The summed E-state index contributed by atoms with van der Waals surface area (Å²) in [4.78, 5) is 26.1. The first-order valence-corrected chi connectivity index (χ1v) is 8.86. The number of esters is 2. The van der Waals surface area contributed by atoms with E-state index in [0.717, 1.165) is 23.0 Å². The lowest BCUT2D eigenvalue weighted by Gasteiger charge is -2.30. The van der Waals surface area contributed by atoms with E-state index in [-0.39, 0.29) is 10.6 Å². The van der Waals surface area contributed by atoms with Gasteiger partial charge in [-0.1, -0.05) is 12.1 Å². The number of thioether (sulfide) groups is 1. The van der Waals surface area contributed by atoms with Crippen molar-refractivity contribution in [2.75, 3.05) is 19.0 Å². The quantitative estimate of drug-likeness (QED) is 0.262. The molecule has 0 spiro atoms. The molecule has 3 rings (SSSR count). The lowest BCUT2D eigenvalue weighted by molar-refractivity contribution is -0.222. The van der Waals surface area contributed by atoms with Gasteiger partial charge < -0.3 is 14.4 Å². The Balaban J connectivity index is 1.61. The molecule has 0 bridgehead atoms. The molecular weight excluding hydrogens is 370 g/mol. The van der Waals surface area contributed by atoms with Gasteiger partial charge >= 0.3 is 11.9 Å². The summed E-state index contributed by atoms with van der Waals surface area (Å²) in [5.41, 5.74) is 7.15. The predicted octanol–water partition coefficient (Wildman–Crippen LogP) is 1.33. The highest BCUT2D eigenvalue weighted by Gasteiger charge is 2.42. The number of ether oxygens (including phenoxy) is 2. The van der Waals surface area contributed by atoms with Gasteiger partial charge in [-0.2, -0.15) is 5.10 Å². The Morgan fingerprint density at radius 2 is 1.81 bits per heavy atom. The highest BCUT2D eigenvalue weighted by molar-refractivity contribution is 8.17. The summed E-state index contributed by atoms with van der Waals surface area (Å²) in [5, 5.41) is 8.70. The number of benzene rings is 1. The first kappa shape index (κ1) is 18.8. The molecule has 10 heteroatoms. The standard InChI is InChI=1S/C17H19N5O4S/c1-17(2)25-14(23)12(15(24)26-17)13-19-21-16(27-13)20-18-9-10-5-7-11(8-6-10)22(3)4/h5-9,19H,1-4H3,(H,20,21)/b18-9+. The van der Waals surface area contributed by atoms with Crippen LogP contribution in [0.4, 0.5) is 5.69 Å². The lowest BCUT2D eigenvalue weighted by atomic mass is 10.2. The Morgan fingerprint density at radius 1 is 1.19 bits per heavy atom. The van der Waals surface area contributed by atoms with Crippen molar-refractivity contribution in [3.63, 3.8) is 0 Å². The molecule has 0 radical (unpaired) electrons. The molecule has 2 aliphatic rings. The van der Waals surface area contributed by atoms with Gasteiger partial charge in [-0.05, 0) is 29.5 Å². The van der Waals surface area contributed by atoms with Crippen LogP contribution in [0.5, 0.6) is 0 Å². The fourth-order valence-corrected chi connectivity index (χ4v) is 3.00. The highest BCUT2D eigenvalue weighted by Crippen LogP contribution is 2.30. The second-order valence-electron chi connectivity index (χ2n) is 6.37. The van der Waals surface area contributed by atoms with E-state index in [1.165, 1.54) is 13.8 Å². The molecule has 0 aromatic heterocycles. The molecule has 2 N–H and O–H groups in total. The van der Waals surface area contributed by atoms with Crippen LogP contribution in [0, 0.1) is 0 Å². The number of carbonyl (C=O) groups excluding carboxylic acids is 2. The topological polar surface area (TPSA) is 105 Å². The zero-order valence-corrected chi connectivity index (χ0v) is 16.1. The monoisotopic (exact) mass is 389 g/mol. The summed E-state index contributed by atoms with van der Waals surface area (Å²) in [5.74, 6) is -2.80. The van der Waals surface area contributed by atoms with E-state index in [0.29, 0.717) is 5.17 Å². The number of nitrogens with one attached hydrogen (secondary N) is 2. The van der Waals surface area contributed by atoms with Crippen LogP contribution < -0.4 is 15.8 Å². The molecule has 9 nitrogen and oxygen atoms in total. The van der Waals surface area contributed by atoms with Crippen LogP contribution in [-0.4, -0.2) is 43.2 Å². The molecule has 0 aliphatic carbocycles. The number of amidine groups is 1. The summed E-state index contributed by atoms with van der Waals surface area (Å²) in [6.45, 7) is 2.98. The maximum Gasteiger partial charge on any atom is 0.351 e. The summed E-state index contributed by atoms with van der Waals surface area (Å²) in [6, 6.07) is 7.83. The fourth-order valence-electron chi connectivity index (χ4n) is 2.26. The molecule has 27 heavy (non-hydrogen) atoms. The summed E-state index contributed by atoms with van der Waals surface area (Å²) in [7, 11) is 3.94. The van der Waals surface area contributed by atoms with Gasteiger partial charge in [-0.15, -0.1) is 5.10 Å². The molecule has 1 aromatic rings. The Bertz CT molecular complexity index is 837. The molecule has 2 heterocycles. The van der Waals surface area contributed by atoms with E-state index in [1.54, 1.807) is 6.21 Å². The second-order valence-corrected chi connectivity index (χ2v) is 7.37. The van der Waals surface area contributed by atoms with Crippen LogP contribution in [0.1, 0.15) is 19.4 Å². The molecule has 0 atom stereocenters. The fraction of sp³-hybridized carbons (Fsp3) is 0.294. The highest BCUT2D eigenvalue weighted by atomic mass is 32.2. The molecule has 1 aromatic carbocycles. The van der Waals surface area contributed by atoms with Gasteiger partial charge in [0.2, 0.25) is 5.17 Å². The third kappa shape index (κ3) is 4.40. The van der Waals surface area contributed by atoms with Crippen molar-refractivity contribution in [3.05, 3.63) is 40.4 Å². The number of cyclic esters (lactones) is 2. The molecule has 0 unspecified atom stereocenters. The van der Waals surface area contributed by atoms with E-state index < -0.39 is 17.7 Å². The summed E-state index contributed by atoms with van der Waals surface area (Å²) in [6.07, 6.45) is 1.64. The minimum absolute atomic E-state index is 0.219. The first-order valence-electron chi connectivity index (χ1n) is 8.04. The predicted molar refractivity (Wildman–Crippen MR) is 103 cm³/mol. The van der Waals surface area contributed by atoms with Crippen LogP contribution in [0.2, 0.25) is 0 Å². The Kier molecular flexibility index (Phi) is 5.08. The largest absolute Gasteiger partial charge is 0.419 e. The molecule has 2 aliphatic heterocycles. The number of anilines is 1. The van der Waals surface area contributed by atoms with Gasteiger partial charge in [-0.3, -0.25) is 10.9 Å². The van der Waals surface area contributed by atoms with Gasteiger partial charge in [-0.25, -0.2) is 9.59 Å². The van der Waals surface area contributed by atoms with Crippen molar-refractivity contribution in [2.24, 2.45) is 10.2 Å². The minimum atomic E-state index is -1.28. The maximum absolute atomic E-state index is 12.0. The van der Waals surface area contributed by atoms with Crippen LogP contribution >= 0.6 is 11.8 Å². The zero-order valence-electron chi connectivity index (χ0n) is 15.3. The Hall–Kier alpha value is -3.01. The number of hydrogen-bond acceptors (Lipinski definition) is 10. The van der Waals surface area contributed by atoms with Crippen molar-refractivity contribution < 1.29 is 19.1 Å². The van der Waals surface area contributed by atoms with Crippen LogP contribution in [-0.2, 0) is 19.1 Å². The van der Waals surface area contributed by atoms with Crippen LogP contribution in [0.15, 0.2) is 45.1 Å². The van der Waals surface area contributed by atoms with Gasteiger partial charge in [0, 0.05) is 33.6 Å². The lowest BCUT2D eigenvalue weighted by Crippen LogP contribution is -2.42. The van der Waals surface area contributed by atoms with Gasteiger partial charge in [0.05, 0.1) is 6.21 Å². The van der Waals surface area contributed by atoms with E-state index in [2.05, 4.69) is 21.1 Å². The molecule has 0 amide bonds. The molecular formula is C17H19N5O4S. The van der Waals surface area contributed by atoms with Crippen molar-refractivity contribution in [1.29, 1.82) is 0 Å².